The topological polar surface area (TPSA) is 37.3 Å². The van der Waals surface area contributed by atoms with E-state index in [1.165, 1.54) is 18.2 Å². The summed E-state index contributed by atoms with van der Waals surface area (Å²) in [5.41, 5.74) is -0.345. The van der Waals surface area contributed by atoms with Crippen LogP contribution in [0, 0.1) is 5.92 Å². The first-order valence-corrected chi connectivity index (χ1v) is 5.04. The molecular formula is C12H14F2O2. The van der Waals surface area contributed by atoms with E-state index in [2.05, 4.69) is 0 Å². The molecule has 1 rings (SSSR count). The van der Waals surface area contributed by atoms with Gasteiger partial charge in [0.15, 0.2) is 0 Å². The van der Waals surface area contributed by atoms with E-state index in [0.29, 0.717) is 0 Å². The molecule has 0 bridgehead atoms. The molecule has 1 aromatic carbocycles. The highest BCUT2D eigenvalue weighted by Gasteiger charge is 2.32. The third-order valence-corrected chi connectivity index (χ3v) is 2.20. The summed E-state index contributed by atoms with van der Waals surface area (Å²) in [4.78, 5) is 10.7. The van der Waals surface area contributed by atoms with E-state index in [1.54, 1.807) is 13.8 Å². The van der Waals surface area contributed by atoms with Crippen molar-refractivity contribution in [1.82, 2.24) is 0 Å². The Morgan fingerprint density at radius 1 is 1.44 bits per heavy atom. The summed E-state index contributed by atoms with van der Waals surface area (Å²) >= 11 is 0. The minimum absolute atomic E-state index is 0.110. The highest BCUT2D eigenvalue weighted by atomic mass is 19.3. The van der Waals surface area contributed by atoms with Gasteiger partial charge < -0.3 is 5.11 Å². The van der Waals surface area contributed by atoms with Gasteiger partial charge in [0.25, 0.3) is 5.92 Å². The lowest BCUT2D eigenvalue weighted by atomic mass is 9.97. The molecule has 88 valence electrons. The normalized spacial score (nSPS) is 11.8. The molecule has 0 spiro atoms. The van der Waals surface area contributed by atoms with Crippen LogP contribution in [-0.4, -0.2) is 11.1 Å². The predicted molar refractivity (Wildman–Crippen MR) is 56.8 cm³/mol. The summed E-state index contributed by atoms with van der Waals surface area (Å²) in [6.07, 6.45) is -0.282. The quantitative estimate of drug-likeness (QED) is 0.856. The molecule has 0 aliphatic heterocycles. The molecule has 0 amide bonds. The number of carboxylic acids is 1. The van der Waals surface area contributed by atoms with E-state index in [1.807, 2.05) is 0 Å². The monoisotopic (exact) mass is 228 g/mol. The second kappa shape index (κ2) is 4.60. The Hall–Kier alpha value is -1.45. The van der Waals surface area contributed by atoms with Crippen molar-refractivity contribution < 1.29 is 18.7 Å². The third kappa shape index (κ3) is 3.02. The fraction of sp³-hybridized carbons (Fsp3) is 0.417. The first-order chi connectivity index (χ1) is 7.33. The Morgan fingerprint density at radius 2 is 2.06 bits per heavy atom. The fourth-order valence-electron chi connectivity index (χ4n) is 1.51. The number of aromatic carboxylic acids is 1. The Labute approximate surface area is 92.9 Å². The van der Waals surface area contributed by atoms with Crippen LogP contribution in [0.1, 0.15) is 36.2 Å². The van der Waals surface area contributed by atoms with Crippen LogP contribution in [0.2, 0.25) is 0 Å². The Morgan fingerprint density at radius 3 is 2.56 bits per heavy atom. The molecule has 2 nitrogen and oxygen atoms in total. The van der Waals surface area contributed by atoms with Crippen molar-refractivity contribution in [3.63, 3.8) is 0 Å². The molecule has 0 aliphatic carbocycles. The molecular weight excluding hydrogens is 214 g/mol. The average molecular weight is 228 g/mol. The van der Waals surface area contributed by atoms with Gasteiger partial charge in [0.05, 0.1) is 5.56 Å². The van der Waals surface area contributed by atoms with Crippen molar-refractivity contribution in [3.8, 4) is 0 Å². The van der Waals surface area contributed by atoms with E-state index in [4.69, 9.17) is 5.11 Å². The smallest absolute Gasteiger partial charge is 0.335 e. The fourth-order valence-corrected chi connectivity index (χ4v) is 1.51. The summed E-state index contributed by atoms with van der Waals surface area (Å²) in [7, 11) is 0. The van der Waals surface area contributed by atoms with Crippen LogP contribution in [0.4, 0.5) is 8.78 Å². The van der Waals surface area contributed by atoms with Crippen LogP contribution in [0.5, 0.6) is 0 Å². The number of benzene rings is 1. The lowest BCUT2D eigenvalue weighted by molar-refractivity contribution is -0.0249. The number of hydrogen-bond donors (Lipinski definition) is 1. The van der Waals surface area contributed by atoms with Crippen molar-refractivity contribution in [2.45, 2.75) is 26.2 Å². The molecule has 0 saturated carbocycles. The number of alkyl halides is 2. The molecule has 0 fully saturated rings. The zero-order chi connectivity index (χ0) is 12.3. The molecule has 1 aromatic rings. The largest absolute Gasteiger partial charge is 0.478 e. The molecule has 0 heterocycles. The minimum atomic E-state index is -2.97. The summed E-state index contributed by atoms with van der Waals surface area (Å²) in [5.74, 6) is -4.31. The van der Waals surface area contributed by atoms with Crippen LogP contribution in [0.15, 0.2) is 24.3 Å². The Balaban J connectivity index is 3.03. The maximum atomic E-state index is 13.7. The third-order valence-electron chi connectivity index (χ3n) is 2.20. The summed E-state index contributed by atoms with van der Waals surface area (Å²) in [6, 6.07) is 4.93. The maximum Gasteiger partial charge on any atom is 0.335 e. The minimum Gasteiger partial charge on any atom is -0.478 e. The van der Waals surface area contributed by atoms with Gasteiger partial charge in [-0.05, 0) is 18.1 Å². The number of hydrogen-bond acceptors (Lipinski definition) is 1. The molecule has 0 unspecified atom stereocenters. The van der Waals surface area contributed by atoms with E-state index >= 15 is 0 Å². The zero-order valence-electron chi connectivity index (χ0n) is 9.21. The molecule has 16 heavy (non-hydrogen) atoms. The lowest BCUT2D eigenvalue weighted by Gasteiger charge is -2.19. The van der Waals surface area contributed by atoms with Gasteiger partial charge >= 0.3 is 5.97 Å². The van der Waals surface area contributed by atoms with Crippen molar-refractivity contribution in [1.29, 1.82) is 0 Å². The van der Waals surface area contributed by atoms with Gasteiger partial charge in [0, 0.05) is 12.0 Å². The van der Waals surface area contributed by atoms with E-state index in [9.17, 15) is 13.6 Å². The van der Waals surface area contributed by atoms with Crippen LogP contribution in [0.25, 0.3) is 0 Å². The molecule has 1 N–H and O–H groups in total. The second-order valence-corrected chi connectivity index (χ2v) is 4.19. The van der Waals surface area contributed by atoms with Crippen molar-refractivity contribution >= 4 is 5.97 Å². The van der Waals surface area contributed by atoms with E-state index in [0.717, 1.165) is 6.07 Å². The second-order valence-electron chi connectivity index (χ2n) is 4.19. The van der Waals surface area contributed by atoms with Gasteiger partial charge in [0.1, 0.15) is 0 Å². The SMILES string of the molecule is CC(C)CC(F)(F)c1cccc(C(=O)O)c1. The Kier molecular flexibility index (Phi) is 3.62. The van der Waals surface area contributed by atoms with E-state index in [-0.39, 0.29) is 23.5 Å². The molecule has 4 heteroatoms. The maximum absolute atomic E-state index is 13.7. The number of rotatable bonds is 4. The van der Waals surface area contributed by atoms with Crippen molar-refractivity contribution in [2.75, 3.05) is 0 Å². The van der Waals surface area contributed by atoms with Gasteiger partial charge in [-0.25, -0.2) is 13.6 Å². The Bertz CT molecular complexity index is 386. The van der Waals surface area contributed by atoms with Gasteiger partial charge in [-0.3, -0.25) is 0 Å². The van der Waals surface area contributed by atoms with Crippen LogP contribution in [-0.2, 0) is 5.92 Å². The van der Waals surface area contributed by atoms with Crippen LogP contribution < -0.4 is 0 Å². The molecule has 0 aliphatic rings. The number of carbonyl (C=O) groups is 1. The standard InChI is InChI=1S/C12H14F2O2/c1-8(2)7-12(13,14)10-5-3-4-9(6-10)11(15)16/h3-6,8H,7H2,1-2H3,(H,15,16). The first-order valence-electron chi connectivity index (χ1n) is 5.04. The van der Waals surface area contributed by atoms with Crippen molar-refractivity contribution in [2.24, 2.45) is 5.92 Å². The van der Waals surface area contributed by atoms with E-state index < -0.39 is 11.9 Å². The predicted octanol–water partition coefficient (Wildman–Crippen LogP) is 3.52. The summed E-state index contributed by atoms with van der Waals surface area (Å²) in [5, 5.41) is 8.71. The summed E-state index contributed by atoms with van der Waals surface area (Å²) in [6.45, 7) is 3.41. The first kappa shape index (κ1) is 12.6. The zero-order valence-corrected chi connectivity index (χ0v) is 9.21. The average Bonchev–Trinajstić information content (AvgIpc) is 2.16. The summed E-state index contributed by atoms with van der Waals surface area (Å²) < 4.78 is 27.3. The van der Waals surface area contributed by atoms with Crippen LogP contribution >= 0.6 is 0 Å². The van der Waals surface area contributed by atoms with Gasteiger partial charge in [-0.2, -0.15) is 0 Å². The highest BCUT2D eigenvalue weighted by Crippen LogP contribution is 2.34. The number of carboxylic acid groups (broad SMARTS) is 1. The molecule has 0 radical (unpaired) electrons. The van der Waals surface area contributed by atoms with Gasteiger partial charge in [-0.1, -0.05) is 26.0 Å². The van der Waals surface area contributed by atoms with Crippen molar-refractivity contribution in [3.05, 3.63) is 35.4 Å². The molecule has 0 atom stereocenters. The molecule has 0 aromatic heterocycles. The van der Waals surface area contributed by atoms with Gasteiger partial charge in [-0.15, -0.1) is 0 Å². The van der Waals surface area contributed by atoms with Gasteiger partial charge in [0.2, 0.25) is 0 Å². The molecule has 0 saturated heterocycles. The highest BCUT2D eigenvalue weighted by molar-refractivity contribution is 5.87. The van der Waals surface area contributed by atoms with Crippen LogP contribution in [0.3, 0.4) is 0 Å². The lowest BCUT2D eigenvalue weighted by Crippen LogP contribution is -2.17. The number of halogens is 2.